The van der Waals surface area contributed by atoms with Crippen molar-refractivity contribution in [2.24, 2.45) is 0 Å². The van der Waals surface area contributed by atoms with E-state index < -0.39 is 0 Å². The van der Waals surface area contributed by atoms with Gasteiger partial charge < -0.3 is 10.6 Å². The number of nitrogens with one attached hydrogen (secondary N) is 2. The first-order chi connectivity index (χ1) is 9.79. The lowest BCUT2D eigenvalue weighted by Crippen LogP contribution is -2.28. The number of carbonyl (C=O) groups is 1. The van der Waals surface area contributed by atoms with E-state index in [0.717, 1.165) is 13.0 Å². The van der Waals surface area contributed by atoms with Gasteiger partial charge in [0.15, 0.2) is 0 Å². The highest BCUT2D eigenvalue weighted by Gasteiger charge is 2.08. The molecule has 2 N–H and O–H groups in total. The van der Waals surface area contributed by atoms with E-state index >= 15 is 0 Å². The Hall–Kier alpha value is -2.51. The molecule has 0 aliphatic rings. The van der Waals surface area contributed by atoms with Crippen molar-refractivity contribution >= 4 is 11.7 Å². The first-order valence-electron chi connectivity index (χ1n) is 6.48. The molecule has 8 nitrogen and oxygen atoms in total. The maximum absolute atomic E-state index is 11.9. The van der Waals surface area contributed by atoms with Crippen LogP contribution >= 0.6 is 0 Å². The zero-order valence-corrected chi connectivity index (χ0v) is 11.3. The molecule has 0 radical (unpaired) electrons. The third-order valence-corrected chi connectivity index (χ3v) is 2.52. The van der Waals surface area contributed by atoms with Crippen LogP contribution in [-0.2, 0) is 6.54 Å². The Bertz CT molecular complexity index is 540. The van der Waals surface area contributed by atoms with E-state index in [-0.39, 0.29) is 5.91 Å². The Morgan fingerprint density at radius 1 is 1.35 bits per heavy atom. The lowest BCUT2D eigenvalue weighted by molar-refractivity contribution is 0.0946. The van der Waals surface area contributed by atoms with Gasteiger partial charge >= 0.3 is 0 Å². The van der Waals surface area contributed by atoms with Crippen LogP contribution in [0.25, 0.3) is 0 Å². The molecule has 106 valence electrons. The van der Waals surface area contributed by atoms with Crippen LogP contribution in [0.1, 0.15) is 23.8 Å². The van der Waals surface area contributed by atoms with Crippen LogP contribution in [0.4, 0.5) is 5.82 Å². The van der Waals surface area contributed by atoms with Gasteiger partial charge in [-0.1, -0.05) is 12.1 Å². The maximum Gasteiger partial charge on any atom is 0.271 e. The van der Waals surface area contributed by atoms with Gasteiger partial charge in [-0.15, -0.1) is 5.10 Å². The van der Waals surface area contributed by atoms with Crippen LogP contribution in [0.3, 0.4) is 0 Å². The van der Waals surface area contributed by atoms with Gasteiger partial charge in [0.05, 0.1) is 25.1 Å². The molecule has 0 unspecified atom stereocenters. The molecule has 0 aliphatic heterocycles. The molecule has 8 heteroatoms. The minimum absolute atomic E-state index is 0.252. The van der Waals surface area contributed by atoms with Crippen molar-refractivity contribution in [3.05, 3.63) is 30.5 Å². The van der Waals surface area contributed by atoms with E-state index in [2.05, 4.69) is 37.8 Å². The molecule has 0 saturated carbocycles. The first-order valence-corrected chi connectivity index (χ1v) is 6.48. The smallest absolute Gasteiger partial charge is 0.271 e. The summed E-state index contributed by atoms with van der Waals surface area (Å²) in [6, 6.07) is 0. The summed E-state index contributed by atoms with van der Waals surface area (Å²) in [6.45, 7) is 3.87. The van der Waals surface area contributed by atoms with E-state index in [1.165, 1.54) is 6.20 Å². The number of hydrogen-bond donors (Lipinski definition) is 2. The lowest BCUT2D eigenvalue weighted by Gasteiger charge is -2.06. The molecule has 0 aliphatic carbocycles. The average molecular weight is 275 g/mol. The Labute approximate surface area is 116 Å². The topological polar surface area (TPSA) is 97.6 Å². The van der Waals surface area contributed by atoms with E-state index in [1.54, 1.807) is 23.3 Å². The molecule has 0 aromatic carbocycles. The predicted octanol–water partition coefficient (Wildman–Crippen LogP) is 0.320. The highest BCUT2D eigenvalue weighted by Crippen LogP contribution is 2.02. The number of amides is 1. The van der Waals surface area contributed by atoms with Gasteiger partial charge in [0.25, 0.3) is 5.91 Å². The number of aromatic nitrogens is 5. The fraction of sp³-hybridized carbons (Fsp3) is 0.417. The van der Waals surface area contributed by atoms with E-state index in [4.69, 9.17) is 0 Å². The Morgan fingerprint density at radius 2 is 2.25 bits per heavy atom. The third kappa shape index (κ3) is 4.01. The van der Waals surface area contributed by atoms with E-state index in [9.17, 15) is 4.79 Å². The van der Waals surface area contributed by atoms with Crippen LogP contribution in [0.5, 0.6) is 0 Å². The molecule has 2 aromatic heterocycles. The second-order valence-electron chi connectivity index (χ2n) is 4.14. The number of carbonyl (C=O) groups excluding carboxylic acids is 1. The first kappa shape index (κ1) is 13.9. The fourth-order valence-electron chi connectivity index (χ4n) is 1.54. The summed E-state index contributed by atoms with van der Waals surface area (Å²) >= 11 is 0. The average Bonchev–Trinajstić information content (AvgIpc) is 2.98. The van der Waals surface area contributed by atoms with E-state index in [1.807, 2.05) is 0 Å². The third-order valence-electron chi connectivity index (χ3n) is 2.52. The van der Waals surface area contributed by atoms with Crippen molar-refractivity contribution in [3.63, 3.8) is 0 Å². The number of hydrogen-bond acceptors (Lipinski definition) is 6. The quantitative estimate of drug-likeness (QED) is 0.755. The van der Waals surface area contributed by atoms with Gasteiger partial charge in [-0.25, -0.2) is 4.98 Å². The van der Waals surface area contributed by atoms with Crippen LogP contribution in [-0.4, -0.2) is 44.0 Å². The van der Waals surface area contributed by atoms with Crippen molar-refractivity contribution in [2.45, 2.75) is 19.9 Å². The van der Waals surface area contributed by atoms with Gasteiger partial charge in [0.1, 0.15) is 11.5 Å². The van der Waals surface area contributed by atoms with Gasteiger partial charge in [0, 0.05) is 19.3 Å². The maximum atomic E-state index is 11.9. The molecule has 2 heterocycles. The van der Waals surface area contributed by atoms with Crippen molar-refractivity contribution in [2.75, 3.05) is 18.4 Å². The molecule has 0 fully saturated rings. The van der Waals surface area contributed by atoms with Crippen molar-refractivity contribution in [1.29, 1.82) is 0 Å². The van der Waals surface area contributed by atoms with Crippen LogP contribution in [0.15, 0.2) is 24.8 Å². The summed E-state index contributed by atoms with van der Waals surface area (Å²) in [6.07, 6.45) is 7.36. The molecule has 0 atom stereocenters. The van der Waals surface area contributed by atoms with Gasteiger partial charge in [-0.3, -0.25) is 14.5 Å². The molecule has 0 saturated heterocycles. The second-order valence-corrected chi connectivity index (χ2v) is 4.14. The highest BCUT2D eigenvalue weighted by molar-refractivity contribution is 5.92. The number of rotatable bonds is 7. The van der Waals surface area contributed by atoms with Gasteiger partial charge in [-0.05, 0) is 6.42 Å². The lowest BCUT2D eigenvalue weighted by atomic mass is 10.4. The van der Waals surface area contributed by atoms with Gasteiger partial charge in [0.2, 0.25) is 0 Å². The Kier molecular flexibility index (Phi) is 4.99. The molecule has 0 bridgehead atoms. The van der Waals surface area contributed by atoms with Crippen LogP contribution < -0.4 is 10.6 Å². The van der Waals surface area contributed by atoms with Crippen molar-refractivity contribution < 1.29 is 4.79 Å². The van der Waals surface area contributed by atoms with Crippen molar-refractivity contribution in [3.8, 4) is 0 Å². The predicted molar refractivity (Wildman–Crippen MR) is 73.2 cm³/mol. The van der Waals surface area contributed by atoms with Crippen LogP contribution in [0, 0.1) is 0 Å². The summed E-state index contributed by atoms with van der Waals surface area (Å²) in [7, 11) is 0. The molecule has 0 spiro atoms. The molecular formula is C12H17N7O. The van der Waals surface area contributed by atoms with Crippen LogP contribution in [0.2, 0.25) is 0 Å². The Balaban J connectivity index is 1.85. The molecule has 2 rings (SSSR count). The highest BCUT2D eigenvalue weighted by atomic mass is 16.1. The standard InChI is InChI=1S/C12H17N7O/c1-2-3-14-11-9-13-8-10(17-11)12(20)15-4-6-19-7-5-16-18-19/h5,7-9H,2-4,6H2,1H3,(H,14,17)(H,15,20). The molecule has 2 aromatic rings. The zero-order chi connectivity index (χ0) is 14.2. The summed E-state index contributed by atoms with van der Waals surface area (Å²) in [5.74, 6) is 0.355. The molecular weight excluding hydrogens is 258 g/mol. The Morgan fingerprint density at radius 3 is 3.00 bits per heavy atom. The largest absolute Gasteiger partial charge is 0.369 e. The van der Waals surface area contributed by atoms with Gasteiger partial charge in [-0.2, -0.15) is 0 Å². The number of nitrogens with zero attached hydrogens (tertiary/aromatic N) is 5. The summed E-state index contributed by atoms with van der Waals surface area (Å²) in [5.41, 5.74) is 0.296. The SMILES string of the molecule is CCCNc1cncc(C(=O)NCCn2ccnn2)n1. The monoisotopic (exact) mass is 275 g/mol. The summed E-state index contributed by atoms with van der Waals surface area (Å²) in [5, 5.41) is 13.4. The fourth-order valence-corrected chi connectivity index (χ4v) is 1.54. The van der Waals surface area contributed by atoms with E-state index in [0.29, 0.717) is 24.6 Å². The van der Waals surface area contributed by atoms with Crippen molar-refractivity contribution in [1.82, 2.24) is 30.3 Å². The normalized spacial score (nSPS) is 10.2. The number of anilines is 1. The zero-order valence-electron chi connectivity index (χ0n) is 11.3. The minimum Gasteiger partial charge on any atom is -0.369 e. The minimum atomic E-state index is -0.252. The second kappa shape index (κ2) is 7.17. The summed E-state index contributed by atoms with van der Waals surface area (Å²) in [4.78, 5) is 20.1. The summed E-state index contributed by atoms with van der Waals surface area (Å²) < 4.78 is 1.64. The molecule has 1 amide bonds. The molecule has 20 heavy (non-hydrogen) atoms.